The molecule has 1 aliphatic heterocycles. The van der Waals surface area contributed by atoms with Gasteiger partial charge in [-0.1, -0.05) is 30.3 Å². The van der Waals surface area contributed by atoms with E-state index < -0.39 is 21.5 Å². The molecule has 0 unspecified atom stereocenters. The SMILES string of the molecule is CC(C)(C)NC(=O)COC(=O)/C=C/c1ccc(S(=O)(=O)N2CCc3ccccc32)cc1. The summed E-state index contributed by atoms with van der Waals surface area (Å²) in [7, 11) is -3.66. The van der Waals surface area contributed by atoms with Crippen LogP contribution >= 0.6 is 0 Å². The Labute approximate surface area is 182 Å². The van der Waals surface area contributed by atoms with Gasteiger partial charge in [-0.2, -0.15) is 0 Å². The molecule has 2 aromatic rings. The third-order valence-electron chi connectivity index (χ3n) is 4.58. The molecule has 31 heavy (non-hydrogen) atoms. The third kappa shape index (κ3) is 5.73. The number of nitrogens with zero attached hydrogens (tertiary/aromatic N) is 1. The Kier molecular flexibility index (Phi) is 6.50. The van der Waals surface area contributed by atoms with Crippen LogP contribution in [0.3, 0.4) is 0 Å². The molecule has 3 rings (SSSR count). The summed E-state index contributed by atoms with van der Waals surface area (Å²) >= 11 is 0. The number of rotatable bonds is 6. The molecule has 164 valence electrons. The quantitative estimate of drug-likeness (QED) is 0.549. The fourth-order valence-corrected chi connectivity index (χ4v) is 4.74. The van der Waals surface area contributed by atoms with Crippen LogP contribution in [0.25, 0.3) is 6.08 Å². The largest absolute Gasteiger partial charge is 0.452 e. The molecule has 0 bridgehead atoms. The standard InChI is InChI=1S/C23H26N2O5S/c1-23(2,3)24-21(26)16-30-22(27)13-10-17-8-11-19(12-9-17)31(28,29)25-15-14-18-6-4-5-7-20(18)25/h4-13H,14-16H2,1-3H3,(H,24,26)/b13-10+. The predicted molar refractivity (Wildman–Crippen MR) is 119 cm³/mol. The molecule has 0 atom stereocenters. The molecule has 0 aromatic heterocycles. The van der Waals surface area contributed by atoms with Crippen LogP contribution in [0, 0.1) is 0 Å². The van der Waals surface area contributed by atoms with E-state index in [1.165, 1.54) is 28.6 Å². The minimum Gasteiger partial charge on any atom is -0.452 e. The fourth-order valence-electron chi connectivity index (χ4n) is 3.24. The van der Waals surface area contributed by atoms with Gasteiger partial charge in [-0.25, -0.2) is 13.2 Å². The molecule has 2 aromatic carbocycles. The fraction of sp³-hybridized carbons (Fsp3) is 0.304. The maximum absolute atomic E-state index is 13.0. The van der Waals surface area contributed by atoms with E-state index in [9.17, 15) is 18.0 Å². The summed E-state index contributed by atoms with van der Waals surface area (Å²) in [6, 6.07) is 13.7. The molecule has 0 radical (unpaired) electrons. The first-order chi connectivity index (χ1) is 14.6. The second kappa shape index (κ2) is 8.93. The smallest absolute Gasteiger partial charge is 0.331 e. The number of para-hydroxylation sites is 1. The topological polar surface area (TPSA) is 92.8 Å². The first-order valence-corrected chi connectivity index (χ1v) is 11.4. The van der Waals surface area contributed by atoms with Crippen molar-refractivity contribution in [1.29, 1.82) is 0 Å². The summed E-state index contributed by atoms with van der Waals surface area (Å²) in [6.07, 6.45) is 3.39. The van der Waals surface area contributed by atoms with Crippen LogP contribution < -0.4 is 9.62 Å². The molecule has 0 aliphatic carbocycles. The predicted octanol–water partition coefficient (Wildman–Crippen LogP) is 2.91. The highest BCUT2D eigenvalue weighted by atomic mass is 32.2. The van der Waals surface area contributed by atoms with Crippen molar-refractivity contribution in [1.82, 2.24) is 5.32 Å². The maximum atomic E-state index is 13.0. The molecular weight excluding hydrogens is 416 g/mol. The first-order valence-electron chi connectivity index (χ1n) is 9.93. The first kappa shape index (κ1) is 22.6. The minimum absolute atomic E-state index is 0.183. The number of esters is 1. The molecule has 1 N–H and O–H groups in total. The summed E-state index contributed by atoms with van der Waals surface area (Å²) in [5.41, 5.74) is 1.96. The van der Waals surface area contributed by atoms with Crippen molar-refractivity contribution >= 4 is 33.7 Å². The molecule has 1 aliphatic rings. The molecule has 7 nitrogen and oxygen atoms in total. The van der Waals surface area contributed by atoms with Gasteiger partial charge in [0.2, 0.25) is 0 Å². The van der Waals surface area contributed by atoms with Gasteiger partial charge in [0.25, 0.3) is 15.9 Å². The van der Waals surface area contributed by atoms with Gasteiger partial charge < -0.3 is 10.1 Å². The number of carbonyl (C=O) groups excluding carboxylic acids is 2. The average Bonchev–Trinajstić information content (AvgIpc) is 3.15. The van der Waals surface area contributed by atoms with Crippen LogP contribution in [-0.2, 0) is 30.8 Å². The number of ether oxygens (including phenoxy) is 1. The van der Waals surface area contributed by atoms with Crippen molar-refractivity contribution in [2.75, 3.05) is 17.5 Å². The number of amides is 1. The van der Waals surface area contributed by atoms with Crippen LogP contribution in [0.1, 0.15) is 31.9 Å². The number of carbonyl (C=O) groups is 2. The zero-order chi connectivity index (χ0) is 22.6. The number of nitrogens with one attached hydrogen (secondary N) is 1. The third-order valence-corrected chi connectivity index (χ3v) is 6.41. The van der Waals surface area contributed by atoms with Gasteiger partial charge >= 0.3 is 5.97 Å². The van der Waals surface area contributed by atoms with Crippen LogP contribution in [0.15, 0.2) is 59.5 Å². The Morgan fingerprint density at radius 3 is 2.45 bits per heavy atom. The number of hydrogen-bond donors (Lipinski definition) is 1. The van der Waals surface area contributed by atoms with E-state index in [0.717, 1.165) is 5.56 Å². The van der Waals surface area contributed by atoms with Crippen molar-refractivity contribution in [3.05, 3.63) is 65.7 Å². The van der Waals surface area contributed by atoms with Gasteiger partial charge in [0.15, 0.2) is 6.61 Å². The van der Waals surface area contributed by atoms with E-state index in [-0.39, 0.29) is 17.4 Å². The van der Waals surface area contributed by atoms with Gasteiger partial charge in [-0.3, -0.25) is 9.10 Å². The molecule has 0 saturated carbocycles. The Morgan fingerprint density at radius 2 is 1.77 bits per heavy atom. The molecule has 1 amide bonds. The van der Waals surface area contributed by atoms with Gasteiger partial charge in [0.05, 0.1) is 10.6 Å². The van der Waals surface area contributed by atoms with Gasteiger partial charge in [0, 0.05) is 18.2 Å². The van der Waals surface area contributed by atoms with Crippen LogP contribution in [0.5, 0.6) is 0 Å². The molecule has 8 heteroatoms. The van der Waals surface area contributed by atoms with E-state index in [1.807, 2.05) is 45.0 Å². The zero-order valence-electron chi connectivity index (χ0n) is 17.8. The molecule has 0 saturated heterocycles. The Bertz CT molecular complexity index is 1100. The summed E-state index contributed by atoms with van der Waals surface area (Å²) in [4.78, 5) is 23.7. The lowest BCUT2D eigenvalue weighted by molar-refractivity contribution is -0.144. The molecule has 0 spiro atoms. The molecule has 0 fully saturated rings. The minimum atomic E-state index is -3.66. The Morgan fingerprint density at radius 1 is 1.10 bits per heavy atom. The highest BCUT2D eigenvalue weighted by Crippen LogP contribution is 2.32. The molecule has 1 heterocycles. The zero-order valence-corrected chi connectivity index (χ0v) is 18.6. The lowest BCUT2D eigenvalue weighted by atomic mass is 10.1. The highest BCUT2D eigenvalue weighted by molar-refractivity contribution is 7.92. The normalized spacial score (nSPS) is 13.8. The van der Waals surface area contributed by atoms with E-state index in [2.05, 4.69) is 5.32 Å². The van der Waals surface area contributed by atoms with E-state index in [0.29, 0.717) is 24.2 Å². The monoisotopic (exact) mass is 442 g/mol. The van der Waals surface area contributed by atoms with Crippen LogP contribution in [0.2, 0.25) is 0 Å². The number of sulfonamides is 1. The highest BCUT2D eigenvalue weighted by Gasteiger charge is 2.30. The van der Waals surface area contributed by atoms with Crippen molar-refractivity contribution in [2.45, 2.75) is 37.6 Å². The number of fused-ring (bicyclic) bond motifs is 1. The number of benzene rings is 2. The summed E-state index contributed by atoms with van der Waals surface area (Å²) in [5.74, 6) is -1.04. The Balaban J connectivity index is 1.61. The van der Waals surface area contributed by atoms with Gasteiger partial charge in [-0.15, -0.1) is 0 Å². The van der Waals surface area contributed by atoms with Crippen LogP contribution in [0.4, 0.5) is 5.69 Å². The van der Waals surface area contributed by atoms with E-state index in [1.54, 1.807) is 12.1 Å². The van der Waals surface area contributed by atoms with E-state index in [4.69, 9.17) is 4.74 Å². The molecular formula is C23H26N2O5S. The second-order valence-electron chi connectivity index (χ2n) is 8.26. The lowest BCUT2D eigenvalue weighted by Gasteiger charge is -2.20. The maximum Gasteiger partial charge on any atom is 0.331 e. The number of hydrogen-bond acceptors (Lipinski definition) is 5. The van der Waals surface area contributed by atoms with Gasteiger partial charge in [0.1, 0.15) is 0 Å². The summed E-state index contributed by atoms with van der Waals surface area (Å²) in [6.45, 7) is 5.55. The lowest BCUT2D eigenvalue weighted by Crippen LogP contribution is -2.42. The summed E-state index contributed by atoms with van der Waals surface area (Å²) < 4.78 is 32.4. The number of anilines is 1. The van der Waals surface area contributed by atoms with Crippen molar-refractivity contribution in [3.8, 4) is 0 Å². The van der Waals surface area contributed by atoms with Crippen LogP contribution in [-0.4, -0.2) is 39.0 Å². The van der Waals surface area contributed by atoms with Gasteiger partial charge in [-0.05, 0) is 62.6 Å². The van der Waals surface area contributed by atoms with E-state index >= 15 is 0 Å². The van der Waals surface area contributed by atoms with Crippen molar-refractivity contribution in [2.24, 2.45) is 0 Å². The Hall–Kier alpha value is -3.13. The van der Waals surface area contributed by atoms with Crippen molar-refractivity contribution in [3.63, 3.8) is 0 Å². The summed E-state index contributed by atoms with van der Waals surface area (Å²) in [5, 5.41) is 2.70. The average molecular weight is 443 g/mol. The second-order valence-corrected chi connectivity index (χ2v) is 10.1. The van der Waals surface area contributed by atoms with Crippen molar-refractivity contribution < 1.29 is 22.7 Å².